The average Bonchev–Trinajstić information content (AvgIpc) is 3.20. The van der Waals surface area contributed by atoms with Gasteiger partial charge in [0.2, 0.25) is 6.04 Å². The van der Waals surface area contributed by atoms with Crippen molar-refractivity contribution >= 4 is 17.0 Å². The molecule has 98 valence electrons. The molecule has 19 heavy (non-hydrogen) atoms. The summed E-state index contributed by atoms with van der Waals surface area (Å²) in [5, 5.41) is 1.06. The molecule has 0 radical (unpaired) electrons. The topological polar surface area (TPSA) is 42.5 Å². The Bertz CT molecular complexity index is 648. The van der Waals surface area contributed by atoms with Crippen molar-refractivity contribution in [1.29, 1.82) is 0 Å². The molecule has 1 fully saturated rings. The van der Waals surface area contributed by atoms with E-state index in [2.05, 4.69) is 19.1 Å². The predicted octanol–water partition coefficient (Wildman–Crippen LogP) is 2.94. The van der Waals surface area contributed by atoms with E-state index in [1.54, 1.807) is 6.26 Å². The van der Waals surface area contributed by atoms with Crippen LogP contribution in [0, 0.1) is 0 Å². The van der Waals surface area contributed by atoms with Gasteiger partial charge in [-0.05, 0) is 24.1 Å². The molecule has 0 aliphatic heterocycles. The third kappa shape index (κ3) is 2.40. The lowest BCUT2D eigenvalue weighted by Crippen LogP contribution is -2.13. The number of isocyanates is 1. The van der Waals surface area contributed by atoms with E-state index in [1.165, 1.54) is 10.3 Å². The maximum atomic E-state index is 10.8. The molecule has 1 saturated carbocycles. The average molecular weight is 258 g/mol. The van der Waals surface area contributed by atoms with Crippen LogP contribution in [0.15, 0.2) is 28.9 Å². The first-order valence-electron chi connectivity index (χ1n) is 6.60. The quantitative estimate of drug-likeness (QED) is 0.358. The van der Waals surface area contributed by atoms with Crippen molar-refractivity contribution in [2.24, 2.45) is 0 Å². The van der Waals surface area contributed by atoms with E-state index in [9.17, 15) is 4.79 Å². The van der Waals surface area contributed by atoms with Gasteiger partial charge >= 0.3 is 6.08 Å². The van der Waals surface area contributed by atoms with Gasteiger partial charge < -0.3 is 4.42 Å². The third-order valence-corrected chi connectivity index (χ3v) is 3.45. The fraction of sp³-hybridized carbons (Fsp3) is 0.400. The molecule has 1 aliphatic rings. The van der Waals surface area contributed by atoms with Crippen LogP contribution in [0.1, 0.15) is 30.9 Å². The van der Waals surface area contributed by atoms with Crippen LogP contribution in [0.25, 0.3) is 11.0 Å². The van der Waals surface area contributed by atoms with Gasteiger partial charge in [-0.3, -0.25) is 4.84 Å². The highest BCUT2D eigenvalue weighted by Gasteiger charge is 2.37. The highest BCUT2D eigenvalue weighted by Crippen LogP contribution is 2.26. The summed E-state index contributed by atoms with van der Waals surface area (Å²) >= 11 is 0. The van der Waals surface area contributed by atoms with Crippen molar-refractivity contribution in [3.8, 4) is 0 Å². The number of benzene rings is 1. The SMILES string of the molecule is CCc1ccc2occ(CO[N+](=C=O)C3CC3)c2c1. The van der Waals surface area contributed by atoms with E-state index >= 15 is 0 Å². The van der Waals surface area contributed by atoms with Crippen LogP contribution in [0.2, 0.25) is 0 Å². The molecule has 0 saturated heterocycles. The molecular weight excluding hydrogens is 242 g/mol. The predicted molar refractivity (Wildman–Crippen MR) is 69.4 cm³/mol. The Kier molecular flexibility index (Phi) is 3.10. The number of nitrogens with zero attached hydrogens (tertiary/aromatic N) is 1. The molecule has 0 N–H and O–H groups in total. The Balaban J connectivity index is 1.82. The van der Waals surface area contributed by atoms with E-state index in [0.717, 1.165) is 35.8 Å². The molecule has 2 aromatic rings. The van der Waals surface area contributed by atoms with E-state index in [0.29, 0.717) is 6.61 Å². The van der Waals surface area contributed by atoms with Crippen molar-refractivity contribution in [2.45, 2.75) is 38.8 Å². The Morgan fingerprint density at radius 3 is 3.00 bits per heavy atom. The Hall–Kier alpha value is -2.06. The van der Waals surface area contributed by atoms with E-state index in [-0.39, 0.29) is 6.04 Å². The van der Waals surface area contributed by atoms with Crippen molar-refractivity contribution in [2.75, 3.05) is 0 Å². The highest BCUT2D eigenvalue weighted by atomic mass is 16.7. The van der Waals surface area contributed by atoms with Gasteiger partial charge in [0.1, 0.15) is 5.58 Å². The molecule has 3 rings (SSSR count). The summed E-state index contributed by atoms with van der Waals surface area (Å²) in [6.45, 7) is 2.46. The Morgan fingerprint density at radius 2 is 2.32 bits per heavy atom. The molecule has 0 amide bonds. The monoisotopic (exact) mass is 258 g/mol. The summed E-state index contributed by atoms with van der Waals surface area (Å²) in [6.07, 6.45) is 6.51. The lowest BCUT2D eigenvalue weighted by Gasteiger charge is -1.99. The standard InChI is InChI=1S/C15H16NO3/c1-2-11-3-6-15-14(7-11)12(8-18-15)9-19-16(10-17)13-4-5-13/h3,6-8,13H,2,4-5,9H2,1H3/q+1. The molecule has 0 atom stereocenters. The van der Waals surface area contributed by atoms with Gasteiger partial charge in [0.25, 0.3) is 0 Å². The summed E-state index contributed by atoms with van der Waals surface area (Å²) < 4.78 is 6.79. The fourth-order valence-corrected chi connectivity index (χ4v) is 2.12. The van der Waals surface area contributed by atoms with Crippen LogP contribution in [0.5, 0.6) is 0 Å². The molecule has 0 unspecified atom stereocenters. The second-order valence-electron chi connectivity index (χ2n) is 4.87. The maximum Gasteiger partial charge on any atom is 0.477 e. The summed E-state index contributed by atoms with van der Waals surface area (Å²) in [7, 11) is 0. The number of hydrogen-bond donors (Lipinski definition) is 0. The van der Waals surface area contributed by atoms with Crippen LogP contribution in [-0.2, 0) is 22.7 Å². The van der Waals surface area contributed by atoms with Crippen LogP contribution in [0.4, 0.5) is 0 Å². The summed E-state index contributed by atoms with van der Waals surface area (Å²) in [5.41, 5.74) is 3.08. The van der Waals surface area contributed by atoms with E-state index in [4.69, 9.17) is 9.25 Å². The van der Waals surface area contributed by atoms with Crippen molar-refractivity contribution in [3.63, 3.8) is 0 Å². The zero-order valence-electron chi connectivity index (χ0n) is 10.9. The first-order chi connectivity index (χ1) is 9.31. The number of carbonyl (C=O) groups excluding carboxylic acids is 1. The van der Waals surface area contributed by atoms with Crippen LogP contribution in [-0.4, -0.2) is 16.9 Å². The van der Waals surface area contributed by atoms with Crippen LogP contribution in [0.3, 0.4) is 0 Å². The molecule has 0 spiro atoms. The number of hydroxylamine groups is 1. The third-order valence-electron chi connectivity index (χ3n) is 3.45. The number of furan rings is 1. The van der Waals surface area contributed by atoms with Gasteiger partial charge in [0.05, 0.1) is 11.0 Å². The zero-order valence-corrected chi connectivity index (χ0v) is 10.9. The first kappa shape index (κ1) is 12.0. The Morgan fingerprint density at radius 1 is 1.47 bits per heavy atom. The molecule has 1 heterocycles. The molecule has 0 bridgehead atoms. The molecule has 4 nitrogen and oxygen atoms in total. The van der Waals surface area contributed by atoms with Crippen LogP contribution < -0.4 is 0 Å². The van der Waals surface area contributed by atoms with Gasteiger partial charge in [-0.25, -0.2) is 0 Å². The fourth-order valence-electron chi connectivity index (χ4n) is 2.12. The smallest absolute Gasteiger partial charge is 0.464 e. The minimum absolute atomic E-state index is 0.210. The first-order valence-corrected chi connectivity index (χ1v) is 6.60. The minimum atomic E-state index is 0.210. The normalized spacial score (nSPS) is 14.4. The number of rotatable bonds is 5. The summed E-state index contributed by atoms with van der Waals surface area (Å²) in [4.78, 5) is 16.3. The van der Waals surface area contributed by atoms with Crippen molar-refractivity contribution < 1.29 is 18.8 Å². The molecule has 1 aliphatic carbocycles. The molecule has 4 heteroatoms. The van der Waals surface area contributed by atoms with Gasteiger partial charge in [-0.2, -0.15) is 4.79 Å². The van der Waals surface area contributed by atoms with Crippen molar-refractivity contribution in [3.05, 3.63) is 35.6 Å². The lowest BCUT2D eigenvalue weighted by molar-refractivity contribution is -0.799. The van der Waals surface area contributed by atoms with Crippen LogP contribution >= 0.6 is 0 Å². The summed E-state index contributed by atoms with van der Waals surface area (Å²) in [5.74, 6) is 0. The molecule has 1 aromatic heterocycles. The van der Waals surface area contributed by atoms with Gasteiger partial charge in [-0.1, -0.05) is 13.0 Å². The van der Waals surface area contributed by atoms with Gasteiger partial charge in [0, 0.05) is 23.8 Å². The van der Waals surface area contributed by atoms with E-state index in [1.807, 2.05) is 12.1 Å². The van der Waals surface area contributed by atoms with Gasteiger partial charge in [-0.15, -0.1) is 0 Å². The Labute approximate surface area is 111 Å². The zero-order chi connectivity index (χ0) is 13.2. The highest BCUT2D eigenvalue weighted by molar-refractivity contribution is 5.81. The number of hydrogen-bond acceptors (Lipinski definition) is 3. The lowest BCUT2D eigenvalue weighted by atomic mass is 10.1. The largest absolute Gasteiger partial charge is 0.477 e. The van der Waals surface area contributed by atoms with Crippen molar-refractivity contribution in [1.82, 2.24) is 0 Å². The second kappa shape index (κ2) is 4.90. The molecular formula is C15H16NO3+. The molecule has 1 aromatic carbocycles. The number of aryl methyl sites for hydroxylation is 1. The number of fused-ring (bicyclic) bond motifs is 1. The minimum Gasteiger partial charge on any atom is -0.464 e. The summed E-state index contributed by atoms with van der Waals surface area (Å²) in [6, 6.07) is 6.36. The van der Waals surface area contributed by atoms with E-state index < -0.39 is 0 Å². The van der Waals surface area contributed by atoms with Gasteiger partial charge in [0.15, 0.2) is 6.61 Å². The second-order valence-corrected chi connectivity index (χ2v) is 4.87. The maximum absolute atomic E-state index is 10.8.